The molecule has 0 fully saturated rings. The predicted molar refractivity (Wildman–Crippen MR) is 99.1 cm³/mol. The minimum Gasteiger partial charge on any atom is -0.343 e. The molecule has 2 N–H and O–H groups in total. The molecule has 0 aliphatic rings. The summed E-state index contributed by atoms with van der Waals surface area (Å²) in [4.78, 5) is 24.1. The monoisotopic (exact) mass is 382 g/mol. The van der Waals surface area contributed by atoms with Gasteiger partial charge >= 0.3 is 0 Å². The molecule has 0 spiro atoms. The summed E-state index contributed by atoms with van der Waals surface area (Å²) in [6.45, 7) is -0.0816. The van der Waals surface area contributed by atoms with Crippen LogP contribution in [0.4, 0.5) is 5.69 Å². The third kappa shape index (κ3) is 4.00. The van der Waals surface area contributed by atoms with Crippen LogP contribution in [0.15, 0.2) is 71.2 Å². The number of hydrogen-bond donors (Lipinski definition) is 2. The zero-order chi connectivity index (χ0) is 16.9. The highest BCUT2D eigenvalue weighted by molar-refractivity contribution is 9.10. The van der Waals surface area contributed by atoms with Gasteiger partial charge in [-0.05, 0) is 47.2 Å². The molecule has 0 saturated carbocycles. The number of fused-ring (bicyclic) bond motifs is 1. The smallest absolute Gasteiger partial charge is 0.251 e. The van der Waals surface area contributed by atoms with Gasteiger partial charge in [0.15, 0.2) is 0 Å². The summed E-state index contributed by atoms with van der Waals surface area (Å²) < 4.78 is 0.935. The second kappa shape index (κ2) is 7.27. The van der Waals surface area contributed by atoms with E-state index >= 15 is 0 Å². The van der Waals surface area contributed by atoms with E-state index in [-0.39, 0.29) is 18.4 Å². The molecule has 2 amide bonds. The molecule has 5 heteroatoms. The number of amides is 2. The molecule has 0 aliphatic carbocycles. The Labute approximate surface area is 148 Å². The van der Waals surface area contributed by atoms with E-state index in [1.807, 2.05) is 48.5 Å². The Balaban J connectivity index is 1.59. The molecule has 0 atom stereocenters. The fourth-order valence-electron chi connectivity index (χ4n) is 2.33. The van der Waals surface area contributed by atoms with E-state index in [2.05, 4.69) is 26.6 Å². The Kier molecular flexibility index (Phi) is 4.91. The van der Waals surface area contributed by atoms with Crippen LogP contribution >= 0.6 is 15.9 Å². The summed E-state index contributed by atoms with van der Waals surface area (Å²) in [5, 5.41) is 7.43. The molecule has 3 rings (SSSR count). The summed E-state index contributed by atoms with van der Waals surface area (Å²) in [5.41, 5.74) is 1.22. The van der Waals surface area contributed by atoms with Crippen molar-refractivity contribution in [3.63, 3.8) is 0 Å². The van der Waals surface area contributed by atoms with Crippen LogP contribution in [0.1, 0.15) is 10.4 Å². The first-order valence-electron chi connectivity index (χ1n) is 7.44. The average Bonchev–Trinajstić information content (AvgIpc) is 2.61. The first-order chi connectivity index (χ1) is 11.6. The van der Waals surface area contributed by atoms with Crippen molar-refractivity contribution >= 4 is 44.2 Å². The van der Waals surface area contributed by atoms with Crippen molar-refractivity contribution in [2.45, 2.75) is 0 Å². The van der Waals surface area contributed by atoms with Gasteiger partial charge in [0.25, 0.3) is 5.91 Å². The van der Waals surface area contributed by atoms with Crippen LogP contribution in [0.25, 0.3) is 10.8 Å². The number of benzene rings is 3. The first-order valence-corrected chi connectivity index (χ1v) is 8.23. The van der Waals surface area contributed by atoms with E-state index in [1.165, 1.54) is 0 Å². The third-order valence-electron chi connectivity index (χ3n) is 3.55. The lowest BCUT2D eigenvalue weighted by Crippen LogP contribution is -2.32. The third-order valence-corrected chi connectivity index (χ3v) is 4.08. The lowest BCUT2D eigenvalue weighted by Gasteiger charge is -2.08. The fourth-order valence-corrected chi connectivity index (χ4v) is 2.60. The number of hydrogen-bond acceptors (Lipinski definition) is 2. The van der Waals surface area contributed by atoms with Crippen molar-refractivity contribution in [3.8, 4) is 0 Å². The van der Waals surface area contributed by atoms with Gasteiger partial charge in [-0.1, -0.05) is 46.3 Å². The summed E-state index contributed by atoms with van der Waals surface area (Å²) in [5.74, 6) is -0.543. The SMILES string of the molecule is O=C(CNC(=O)c1ccc2ccccc2c1)Nc1ccc(Br)cc1. The van der Waals surface area contributed by atoms with Crippen molar-refractivity contribution < 1.29 is 9.59 Å². The van der Waals surface area contributed by atoms with Crippen LogP contribution in [-0.2, 0) is 4.79 Å². The second-order valence-corrected chi connectivity index (χ2v) is 6.22. The Hall–Kier alpha value is -2.66. The number of nitrogens with one attached hydrogen (secondary N) is 2. The normalized spacial score (nSPS) is 10.4. The van der Waals surface area contributed by atoms with E-state index < -0.39 is 0 Å². The van der Waals surface area contributed by atoms with E-state index in [1.54, 1.807) is 18.2 Å². The number of anilines is 1. The van der Waals surface area contributed by atoms with Crippen LogP contribution in [-0.4, -0.2) is 18.4 Å². The number of carbonyl (C=O) groups excluding carboxylic acids is 2. The van der Waals surface area contributed by atoms with Gasteiger partial charge in [-0.3, -0.25) is 9.59 Å². The highest BCUT2D eigenvalue weighted by Crippen LogP contribution is 2.16. The zero-order valence-corrected chi connectivity index (χ0v) is 14.3. The standard InChI is InChI=1S/C19H15BrN2O2/c20-16-7-9-17(10-8-16)22-18(23)12-21-19(24)15-6-5-13-3-1-2-4-14(13)11-15/h1-11H,12H2,(H,21,24)(H,22,23). The van der Waals surface area contributed by atoms with Crippen LogP contribution in [0, 0.1) is 0 Å². The second-order valence-electron chi connectivity index (χ2n) is 5.30. The van der Waals surface area contributed by atoms with E-state index in [4.69, 9.17) is 0 Å². The summed E-state index contributed by atoms with van der Waals surface area (Å²) in [7, 11) is 0. The molecule has 0 radical (unpaired) electrons. The van der Waals surface area contributed by atoms with Gasteiger partial charge in [-0.2, -0.15) is 0 Å². The molecule has 0 aliphatic heterocycles. The van der Waals surface area contributed by atoms with Crippen molar-refractivity contribution in [3.05, 3.63) is 76.8 Å². The van der Waals surface area contributed by atoms with Crippen molar-refractivity contribution in [1.29, 1.82) is 0 Å². The summed E-state index contributed by atoms with van der Waals surface area (Å²) in [6, 6.07) is 20.5. The predicted octanol–water partition coefficient (Wildman–Crippen LogP) is 3.97. The van der Waals surface area contributed by atoms with Crippen molar-refractivity contribution in [2.24, 2.45) is 0 Å². The molecular weight excluding hydrogens is 368 g/mol. The first kappa shape index (κ1) is 16.2. The van der Waals surface area contributed by atoms with E-state index in [9.17, 15) is 9.59 Å². The van der Waals surface area contributed by atoms with Crippen molar-refractivity contribution in [2.75, 3.05) is 11.9 Å². The lowest BCUT2D eigenvalue weighted by molar-refractivity contribution is -0.115. The van der Waals surface area contributed by atoms with Gasteiger partial charge in [-0.15, -0.1) is 0 Å². The Morgan fingerprint density at radius 1 is 0.875 bits per heavy atom. The summed E-state index contributed by atoms with van der Waals surface area (Å²) in [6.07, 6.45) is 0. The topological polar surface area (TPSA) is 58.2 Å². The molecule has 0 bridgehead atoms. The van der Waals surface area contributed by atoms with Gasteiger partial charge in [0.05, 0.1) is 6.54 Å². The lowest BCUT2D eigenvalue weighted by atomic mass is 10.1. The largest absolute Gasteiger partial charge is 0.343 e. The van der Waals surface area contributed by atoms with Crippen molar-refractivity contribution in [1.82, 2.24) is 5.32 Å². The number of halogens is 1. The van der Waals surface area contributed by atoms with Gasteiger partial charge in [0.2, 0.25) is 5.91 Å². The van der Waals surface area contributed by atoms with Crippen LogP contribution in [0.3, 0.4) is 0 Å². The highest BCUT2D eigenvalue weighted by atomic mass is 79.9. The van der Waals surface area contributed by atoms with Gasteiger partial charge < -0.3 is 10.6 Å². The molecule has 0 unspecified atom stereocenters. The molecule has 4 nitrogen and oxygen atoms in total. The molecule has 0 heterocycles. The average molecular weight is 383 g/mol. The molecule has 3 aromatic carbocycles. The fraction of sp³-hybridized carbons (Fsp3) is 0.0526. The van der Waals surface area contributed by atoms with Gasteiger partial charge in [0, 0.05) is 15.7 Å². The molecule has 120 valence electrons. The molecule has 3 aromatic rings. The van der Waals surface area contributed by atoms with Crippen LogP contribution < -0.4 is 10.6 Å². The van der Waals surface area contributed by atoms with Crippen LogP contribution in [0.5, 0.6) is 0 Å². The Bertz CT molecular complexity index is 891. The highest BCUT2D eigenvalue weighted by Gasteiger charge is 2.09. The molecule has 0 saturated heterocycles. The molecular formula is C19H15BrN2O2. The maximum atomic E-state index is 12.2. The maximum Gasteiger partial charge on any atom is 0.251 e. The molecule has 0 aromatic heterocycles. The van der Waals surface area contributed by atoms with Gasteiger partial charge in [0.1, 0.15) is 0 Å². The van der Waals surface area contributed by atoms with Crippen LogP contribution in [0.2, 0.25) is 0 Å². The Morgan fingerprint density at radius 2 is 1.58 bits per heavy atom. The van der Waals surface area contributed by atoms with Gasteiger partial charge in [-0.25, -0.2) is 0 Å². The maximum absolute atomic E-state index is 12.2. The summed E-state index contributed by atoms with van der Waals surface area (Å²) >= 11 is 3.33. The molecule has 24 heavy (non-hydrogen) atoms. The quantitative estimate of drug-likeness (QED) is 0.716. The number of rotatable bonds is 4. The van der Waals surface area contributed by atoms with E-state index in [0.717, 1.165) is 15.2 Å². The zero-order valence-electron chi connectivity index (χ0n) is 12.8. The van der Waals surface area contributed by atoms with E-state index in [0.29, 0.717) is 11.3 Å². The number of carbonyl (C=O) groups is 2. The minimum absolute atomic E-state index is 0.0816. The minimum atomic E-state index is -0.272. The Morgan fingerprint density at radius 3 is 2.33 bits per heavy atom.